The SMILES string of the molecule is O=C1CC[C@@H](N2Cc3c(Cl)cc(CNC(=O)OC4CC(n5c(C(F)(F)F)nc6cccnc65)C4)c(F)c3C2=O)C(=O)N1. The first-order valence-electron chi connectivity index (χ1n) is 12.9. The number of pyridine rings is 1. The average molecular weight is 609 g/mol. The van der Waals surface area contributed by atoms with Gasteiger partial charge in [-0.2, -0.15) is 13.2 Å². The molecule has 220 valence electrons. The fourth-order valence-corrected chi connectivity index (χ4v) is 5.81. The number of hydrogen-bond acceptors (Lipinski definition) is 7. The Bertz CT molecular complexity index is 1650. The Morgan fingerprint density at radius 1 is 1.24 bits per heavy atom. The molecular formula is C26H21ClF4N6O5. The molecule has 2 aliphatic heterocycles. The molecule has 16 heteroatoms. The van der Waals surface area contributed by atoms with E-state index in [-0.39, 0.29) is 65.1 Å². The number of alkyl carbamates (subject to hydrolysis) is 1. The lowest BCUT2D eigenvalue weighted by molar-refractivity contribution is -0.149. The Morgan fingerprint density at radius 2 is 2.00 bits per heavy atom. The van der Waals surface area contributed by atoms with Crippen molar-refractivity contribution in [2.24, 2.45) is 0 Å². The first kappa shape index (κ1) is 27.9. The van der Waals surface area contributed by atoms with Gasteiger partial charge in [0.25, 0.3) is 5.91 Å². The molecule has 1 saturated carbocycles. The number of ether oxygens (including phenoxy) is 1. The number of halogens is 5. The molecule has 0 bridgehead atoms. The molecule has 2 N–H and O–H groups in total. The molecule has 2 aromatic heterocycles. The van der Waals surface area contributed by atoms with Gasteiger partial charge in [0.15, 0.2) is 5.65 Å². The number of nitrogens with one attached hydrogen (secondary N) is 2. The number of alkyl halides is 3. The third kappa shape index (κ3) is 4.80. The maximum atomic E-state index is 15.4. The molecule has 0 unspecified atom stereocenters. The van der Waals surface area contributed by atoms with Gasteiger partial charge in [0.1, 0.15) is 23.5 Å². The summed E-state index contributed by atoms with van der Waals surface area (Å²) in [7, 11) is 0. The molecule has 0 spiro atoms. The Balaban J connectivity index is 1.09. The molecule has 1 atom stereocenters. The summed E-state index contributed by atoms with van der Waals surface area (Å²) < 4.78 is 62.5. The van der Waals surface area contributed by atoms with E-state index in [2.05, 4.69) is 20.6 Å². The van der Waals surface area contributed by atoms with Crippen molar-refractivity contribution in [3.05, 3.63) is 57.8 Å². The summed E-state index contributed by atoms with van der Waals surface area (Å²) in [5.74, 6) is -3.88. The summed E-state index contributed by atoms with van der Waals surface area (Å²) in [5, 5.41) is 4.60. The molecule has 0 radical (unpaired) electrons. The molecule has 2 fully saturated rings. The van der Waals surface area contributed by atoms with E-state index in [4.69, 9.17) is 16.3 Å². The zero-order chi connectivity index (χ0) is 29.9. The fourth-order valence-electron chi connectivity index (χ4n) is 5.52. The van der Waals surface area contributed by atoms with Crippen LogP contribution in [0.2, 0.25) is 5.02 Å². The van der Waals surface area contributed by atoms with Gasteiger partial charge in [-0.3, -0.25) is 19.7 Å². The van der Waals surface area contributed by atoms with Crippen LogP contribution in [-0.4, -0.2) is 55.4 Å². The van der Waals surface area contributed by atoms with Crippen LogP contribution in [0.25, 0.3) is 11.2 Å². The van der Waals surface area contributed by atoms with Gasteiger partial charge in [0, 0.05) is 60.7 Å². The number of piperidine rings is 1. The Hall–Kier alpha value is -4.27. The average Bonchev–Trinajstić information content (AvgIpc) is 3.46. The van der Waals surface area contributed by atoms with Crippen LogP contribution in [0.5, 0.6) is 0 Å². The van der Waals surface area contributed by atoms with Crippen molar-refractivity contribution in [2.45, 2.75) is 63.1 Å². The van der Waals surface area contributed by atoms with Crippen molar-refractivity contribution in [1.82, 2.24) is 30.1 Å². The van der Waals surface area contributed by atoms with Crippen LogP contribution in [0.4, 0.5) is 22.4 Å². The van der Waals surface area contributed by atoms with Crippen LogP contribution in [0.3, 0.4) is 0 Å². The number of fused-ring (bicyclic) bond motifs is 2. The summed E-state index contributed by atoms with van der Waals surface area (Å²) in [6.45, 7) is -0.514. The second kappa shape index (κ2) is 10.2. The molecule has 1 saturated heterocycles. The number of benzene rings is 1. The summed E-state index contributed by atoms with van der Waals surface area (Å²) in [5.41, 5.74) is -0.0594. The molecule has 6 rings (SSSR count). The number of nitrogens with zero attached hydrogens (tertiary/aromatic N) is 4. The van der Waals surface area contributed by atoms with E-state index in [0.29, 0.717) is 0 Å². The van der Waals surface area contributed by atoms with Crippen LogP contribution in [-0.2, 0) is 33.6 Å². The Labute approximate surface area is 239 Å². The van der Waals surface area contributed by atoms with Gasteiger partial charge in [0.2, 0.25) is 17.6 Å². The second-order valence-corrected chi connectivity index (χ2v) is 10.6. The van der Waals surface area contributed by atoms with Gasteiger partial charge in [0.05, 0.1) is 5.56 Å². The molecule has 4 amide bonds. The van der Waals surface area contributed by atoms with Gasteiger partial charge in [-0.15, -0.1) is 0 Å². The van der Waals surface area contributed by atoms with Crippen molar-refractivity contribution in [3.8, 4) is 0 Å². The number of rotatable bonds is 5. The Morgan fingerprint density at radius 3 is 2.71 bits per heavy atom. The highest BCUT2D eigenvalue weighted by atomic mass is 35.5. The number of carbonyl (C=O) groups excluding carboxylic acids is 4. The standard InChI is InChI=1S/C26H21ClF4N6O5/c27-15-6-11(20(28)19-14(15)10-36(23(19)40)17-3-4-18(38)35-22(17)39)9-33-25(41)42-13-7-12(8-13)37-21-16(2-1-5-32-21)34-24(37)26(29,30)31/h1-2,5-6,12-13,17H,3-4,7-10H2,(H,33,41)(H,35,38,39)/t12?,13?,17-/m1/s1. The van der Waals surface area contributed by atoms with E-state index in [1.165, 1.54) is 24.4 Å². The summed E-state index contributed by atoms with van der Waals surface area (Å²) >= 11 is 6.32. The first-order valence-corrected chi connectivity index (χ1v) is 13.3. The first-order chi connectivity index (χ1) is 19.9. The fraction of sp³-hybridized carbons (Fsp3) is 0.385. The summed E-state index contributed by atoms with van der Waals surface area (Å²) in [6, 6.07) is 2.57. The zero-order valence-electron chi connectivity index (χ0n) is 21.5. The van der Waals surface area contributed by atoms with Crippen LogP contribution in [0, 0.1) is 5.82 Å². The van der Waals surface area contributed by atoms with Gasteiger partial charge < -0.3 is 19.5 Å². The van der Waals surface area contributed by atoms with Crippen molar-refractivity contribution >= 4 is 46.6 Å². The molecule has 1 aromatic carbocycles. The quantitative estimate of drug-likeness (QED) is 0.334. The predicted molar refractivity (Wildman–Crippen MR) is 135 cm³/mol. The van der Waals surface area contributed by atoms with Gasteiger partial charge >= 0.3 is 12.3 Å². The predicted octanol–water partition coefficient (Wildman–Crippen LogP) is 3.63. The molecule has 11 nitrogen and oxygen atoms in total. The molecule has 1 aliphatic carbocycles. The number of imide groups is 1. The molecule has 3 aromatic rings. The number of hydrogen-bond donors (Lipinski definition) is 2. The maximum Gasteiger partial charge on any atom is 0.449 e. The van der Waals surface area contributed by atoms with E-state index in [1.54, 1.807) is 0 Å². The van der Waals surface area contributed by atoms with Gasteiger partial charge in [-0.05, 0) is 24.6 Å². The van der Waals surface area contributed by atoms with Crippen LogP contribution >= 0.6 is 11.6 Å². The van der Waals surface area contributed by atoms with Crippen molar-refractivity contribution in [3.63, 3.8) is 0 Å². The minimum absolute atomic E-state index is 0.0328. The number of carbonyl (C=O) groups is 4. The highest BCUT2D eigenvalue weighted by Gasteiger charge is 2.44. The second-order valence-electron chi connectivity index (χ2n) is 10.2. The topological polar surface area (TPSA) is 136 Å². The normalized spacial score (nSPS) is 22.2. The maximum absolute atomic E-state index is 15.4. The third-order valence-electron chi connectivity index (χ3n) is 7.62. The monoisotopic (exact) mass is 608 g/mol. The third-order valence-corrected chi connectivity index (χ3v) is 7.95. The van der Waals surface area contributed by atoms with E-state index < -0.39 is 66.4 Å². The number of amides is 4. The minimum Gasteiger partial charge on any atom is -0.446 e. The van der Waals surface area contributed by atoms with E-state index >= 15 is 4.39 Å². The minimum atomic E-state index is -4.70. The highest BCUT2D eigenvalue weighted by Crippen LogP contribution is 2.41. The largest absolute Gasteiger partial charge is 0.449 e. The molecular weight excluding hydrogens is 588 g/mol. The Kier molecular flexibility index (Phi) is 6.78. The lowest BCUT2D eigenvalue weighted by Crippen LogP contribution is -2.52. The van der Waals surface area contributed by atoms with Crippen LogP contribution < -0.4 is 10.6 Å². The van der Waals surface area contributed by atoms with E-state index in [0.717, 1.165) is 9.47 Å². The number of aromatic nitrogens is 3. The van der Waals surface area contributed by atoms with Crippen LogP contribution in [0.1, 0.15) is 59.0 Å². The molecule has 42 heavy (non-hydrogen) atoms. The van der Waals surface area contributed by atoms with E-state index in [1.807, 2.05) is 0 Å². The van der Waals surface area contributed by atoms with Crippen molar-refractivity contribution < 1.29 is 41.5 Å². The van der Waals surface area contributed by atoms with Crippen molar-refractivity contribution in [2.75, 3.05) is 0 Å². The van der Waals surface area contributed by atoms with Crippen molar-refractivity contribution in [1.29, 1.82) is 0 Å². The smallest absolute Gasteiger partial charge is 0.446 e. The highest BCUT2D eigenvalue weighted by molar-refractivity contribution is 6.32. The van der Waals surface area contributed by atoms with Crippen LogP contribution in [0.15, 0.2) is 24.4 Å². The summed E-state index contributed by atoms with van der Waals surface area (Å²) in [4.78, 5) is 58.0. The lowest BCUT2D eigenvalue weighted by atomic mass is 9.89. The summed E-state index contributed by atoms with van der Waals surface area (Å²) in [6.07, 6.45) is -4.67. The molecule has 4 heterocycles. The van der Waals surface area contributed by atoms with E-state index in [9.17, 15) is 32.3 Å². The number of imidazole rings is 1. The van der Waals surface area contributed by atoms with Gasteiger partial charge in [-0.1, -0.05) is 11.6 Å². The van der Waals surface area contributed by atoms with Gasteiger partial charge in [-0.25, -0.2) is 19.2 Å². The zero-order valence-corrected chi connectivity index (χ0v) is 22.3. The molecule has 3 aliphatic rings. The lowest BCUT2D eigenvalue weighted by Gasteiger charge is -2.36.